The van der Waals surface area contributed by atoms with Crippen LogP contribution in [-0.2, 0) is 0 Å². The van der Waals surface area contributed by atoms with Crippen LogP contribution < -0.4 is 0 Å². The highest BCUT2D eigenvalue weighted by atomic mass is 32.2. The van der Waals surface area contributed by atoms with Crippen molar-refractivity contribution in [2.24, 2.45) is 0 Å². The molecule has 0 atom stereocenters. The Morgan fingerprint density at radius 3 is 0.758 bits per heavy atom. The van der Waals surface area contributed by atoms with Gasteiger partial charge in [0.25, 0.3) is 0 Å². The van der Waals surface area contributed by atoms with E-state index in [9.17, 15) is 0 Å². The summed E-state index contributed by atoms with van der Waals surface area (Å²) in [7, 11) is 0. The molecule has 200 valence electrons. The van der Waals surface area contributed by atoms with Gasteiger partial charge in [-0.1, -0.05) is 53.4 Å². The molecule has 1 nitrogen and oxygen atoms in total. The molecule has 0 aliphatic rings. The normalized spacial score (nSPS) is 12.0. The third kappa shape index (κ3) is 23.5. The molecule has 0 N–H and O–H groups in total. The molecule has 0 aliphatic heterocycles. The first-order valence-corrected chi connectivity index (χ1v) is 19.0. The van der Waals surface area contributed by atoms with Gasteiger partial charge in [-0.3, -0.25) is 0 Å². The molecule has 0 amide bonds. The van der Waals surface area contributed by atoms with Crippen LogP contribution in [0.4, 0.5) is 0 Å². The van der Waals surface area contributed by atoms with E-state index in [1.165, 1.54) is 154 Å². The predicted molar refractivity (Wildman–Crippen MR) is 167 cm³/mol. The molecule has 0 aromatic rings. The predicted octanol–water partition coefficient (Wildman–Crippen LogP) is 9.50. The maximum Gasteiger partial charge on any atom is 0.0794 e. The van der Waals surface area contributed by atoms with Crippen LogP contribution in [0.2, 0.25) is 0 Å². The monoisotopic (exact) mass is 538 g/mol. The number of hydrogen-bond donors (Lipinski definition) is 0. The lowest BCUT2D eigenvalue weighted by Crippen LogP contribution is -2.51. The van der Waals surface area contributed by atoms with Crippen molar-refractivity contribution >= 4 is 47.0 Å². The molecule has 0 saturated heterocycles. The fraction of sp³-hybridized carbons (Fsp3) is 1.00. The Labute approximate surface area is 227 Å². The molecule has 0 rings (SSSR count). The smallest absolute Gasteiger partial charge is 0.0794 e. The number of rotatable bonds is 28. The van der Waals surface area contributed by atoms with E-state index < -0.39 is 0 Å². The van der Waals surface area contributed by atoms with Crippen molar-refractivity contribution in [2.75, 3.05) is 72.2 Å². The van der Waals surface area contributed by atoms with E-state index in [1.807, 2.05) is 0 Å². The third-order valence-electron chi connectivity index (χ3n) is 6.25. The molecular formula is C28H60NS4+. The van der Waals surface area contributed by atoms with Crippen LogP contribution in [0.25, 0.3) is 0 Å². The summed E-state index contributed by atoms with van der Waals surface area (Å²) in [6.45, 7) is 15.0. The molecule has 33 heavy (non-hydrogen) atoms. The van der Waals surface area contributed by atoms with E-state index in [4.69, 9.17) is 0 Å². The third-order valence-corrected chi connectivity index (χ3v) is 10.9. The first kappa shape index (κ1) is 34.4. The van der Waals surface area contributed by atoms with Gasteiger partial charge in [-0.25, -0.2) is 0 Å². The first-order chi connectivity index (χ1) is 16.2. The Hall–Kier alpha value is 1.36. The Balaban J connectivity index is 4.74. The van der Waals surface area contributed by atoms with E-state index in [1.54, 1.807) is 0 Å². The van der Waals surface area contributed by atoms with Crippen LogP contribution in [0.5, 0.6) is 0 Å². The van der Waals surface area contributed by atoms with Crippen molar-refractivity contribution in [1.29, 1.82) is 0 Å². The molecule has 0 aromatic carbocycles. The van der Waals surface area contributed by atoms with Crippen molar-refractivity contribution < 1.29 is 4.48 Å². The van der Waals surface area contributed by atoms with Crippen molar-refractivity contribution in [2.45, 2.75) is 105 Å². The fourth-order valence-electron chi connectivity index (χ4n) is 4.07. The second kappa shape index (κ2) is 27.9. The van der Waals surface area contributed by atoms with Gasteiger partial charge in [-0.2, -0.15) is 47.0 Å². The molecule has 0 aromatic heterocycles. The van der Waals surface area contributed by atoms with Crippen LogP contribution in [0.1, 0.15) is 105 Å². The summed E-state index contributed by atoms with van der Waals surface area (Å²) in [6, 6.07) is 0. The molecular weight excluding hydrogens is 479 g/mol. The number of hydrogen-bond acceptors (Lipinski definition) is 4. The highest BCUT2D eigenvalue weighted by Gasteiger charge is 2.26. The average Bonchev–Trinajstić information content (AvgIpc) is 2.83. The SMILES string of the molecule is CCCCSCCC[N+](CCCSCCCC)(CCCSCCCC)CCCSCCCC. The van der Waals surface area contributed by atoms with Gasteiger partial charge >= 0.3 is 0 Å². The minimum Gasteiger partial charge on any atom is -0.324 e. The highest BCUT2D eigenvalue weighted by molar-refractivity contribution is 7.99. The van der Waals surface area contributed by atoms with Gasteiger partial charge in [0.1, 0.15) is 0 Å². The van der Waals surface area contributed by atoms with Crippen LogP contribution in [-0.4, -0.2) is 76.7 Å². The molecule has 0 fully saturated rings. The van der Waals surface area contributed by atoms with Crippen molar-refractivity contribution in [1.82, 2.24) is 0 Å². The van der Waals surface area contributed by atoms with Gasteiger partial charge in [0, 0.05) is 25.7 Å². The molecule has 0 radical (unpaired) electrons. The summed E-state index contributed by atoms with van der Waals surface area (Å²) in [4.78, 5) is 0. The minimum atomic E-state index is 1.34. The maximum atomic E-state index is 2.32. The topological polar surface area (TPSA) is 0 Å². The second-order valence-corrected chi connectivity index (χ2v) is 14.4. The van der Waals surface area contributed by atoms with Gasteiger partial charge in [-0.15, -0.1) is 0 Å². The van der Waals surface area contributed by atoms with Gasteiger partial charge < -0.3 is 4.48 Å². The minimum absolute atomic E-state index is 1.34. The summed E-state index contributed by atoms with van der Waals surface area (Å²) < 4.78 is 1.42. The van der Waals surface area contributed by atoms with Crippen molar-refractivity contribution in [3.63, 3.8) is 0 Å². The van der Waals surface area contributed by atoms with Gasteiger partial charge in [0.15, 0.2) is 0 Å². The summed E-state index contributed by atoms with van der Waals surface area (Å²) in [5, 5.41) is 0. The van der Waals surface area contributed by atoms with Gasteiger partial charge in [-0.05, 0) is 71.7 Å². The highest BCUT2D eigenvalue weighted by Crippen LogP contribution is 2.20. The van der Waals surface area contributed by atoms with Gasteiger partial charge in [0.05, 0.1) is 26.2 Å². The molecule has 0 bridgehead atoms. The van der Waals surface area contributed by atoms with Crippen LogP contribution >= 0.6 is 47.0 Å². The van der Waals surface area contributed by atoms with E-state index in [0.717, 1.165) is 0 Å². The zero-order chi connectivity index (χ0) is 24.3. The second-order valence-electron chi connectivity index (χ2n) is 9.51. The first-order valence-electron chi connectivity index (χ1n) is 14.4. The molecule has 0 spiro atoms. The largest absolute Gasteiger partial charge is 0.324 e. The lowest BCUT2D eigenvalue weighted by Gasteiger charge is -2.39. The summed E-state index contributed by atoms with van der Waals surface area (Å²) in [6.07, 6.45) is 16.6. The molecule has 0 aliphatic carbocycles. The Morgan fingerprint density at radius 2 is 0.545 bits per heavy atom. The number of thioether (sulfide) groups is 4. The lowest BCUT2D eigenvalue weighted by atomic mass is 10.2. The van der Waals surface area contributed by atoms with E-state index in [-0.39, 0.29) is 0 Å². The summed E-state index contributed by atoms with van der Waals surface area (Å²) in [5.41, 5.74) is 0. The van der Waals surface area contributed by atoms with Gasteiger partial charge in [0.2, 0.25) is 0 Å². The van der Waals surface area contributed by atoms with Crippen molar-refractivity contribution in [3.05, 3.63) is 0 Å². The maximum absolute atomic E-state index is 2.32. The molecule has 5 heteroatoms. The summed E-state index contributed by atoms with van der Waals surface area (Å²) >= 11 is 8.83. The quantitative estimate of drug-likeness (QED) is 0.0718. The van der Waals surface area contributed by atoms with Crippen LogP contribution in [0.3, 0.4) is 0 Å². The zero-order valence-electron chi connectivity index (χ0n) is 23.1. The Bertz CT molecular complexity index is 298. The Morgan fingerprint density at radius 1 is 0.333 bits per heavy atom. The molecule has 0 saturated carbocycles. The Kier molecular flexibility index (Phi) is 29.1. The summed E-state index contributed by atoms with van der Waals surface area (Å²) in [5.74, 6) is 11.0. The number of nitrogens with zero attached hydrogens (tertiary/aromatic N) is 1. The van der Waals surface area contributed by atoms with Crippen molar-refractivity contribution in [3.8, 4) is 0 Å². The van der Waals surface area contributed by atoms with Crippen LogP contribution in [0.15, 0.2) is 0 Å². The fourth-order valence-corrected chi connectivity index (χ4v) is 8.19. The van der Waals surface area contributed by atoms with Crippen LogP contribution in [0, 0.1) is 0 Å². The molecule has 0 heterocycles. The molecule has 0 unspecified atom stereocenters. The lowest BCUT2D eigenvalue weighted by molar-refractivity contribution is -0.928. The van der Waals surface area contributed by atoms with E-state index in [2.05, 4.69) is 74.7 Å². The van der Waals surface area contributed by atoms with E-state index >= 15 is 0 Å². The number of unbranched alkanes of at least 4 members (excludes halogenated alkanes) is 4. The average molecular weight is 539 g/mol. The number of quaternary nitrogens is 1. The van der Waals surface area contributed by atoms with E-state index in [0.29, 0.717) is 0 Å². The standard InChI is InChI=1S/C28H60NS4/c1-5-9-21-30-25-13-17-29(18-14-26-31-22-10-6-2,19-15-27-32-23-11-7-3)20-16-28-33-24-12-8-4/h5-28H2,1-4H3/q+1. The zero-order valence-corrected chi connectivity index (χ0v) is 26.3.